The Morgan fingerprint density at radius 1 is 1.11 bits per heavy atom. The summed E-state index contributed by atoms with van der Waals surface area (Å²) in [5, 5.41) is 10.2. The van der Waals surface area contributed by atoms with Gasteiger partial charge in [-0.2, -0.15) is 0 Å². The second-order valence-corrected chi connectivity index (χ2v) is 6.39. The van der Waals surface area contributed by atoms with Crippen molar-refractivity contribution in [1.82, 2.24) is 10.2 Å². The molecule has 0 fully saturated rings. The van der Waals surface area contributed by atoms with Crippen LogP contribution in [-0.4, -0.2) is 27.6 Å². The minimum Gasteiger partial charge on any atom is -0.411 e. The van der Waals surface area contributed by atoms with Crippen LogP contribution in [0.25, 0.3) is 11.5 Å². The van der Waals surface area contributed by atoms with Crippen molar-refractivity contribution in [2.24, 2.45) is 0 Å². The first-order valence-corrected chi connectivity index (χ1v) is 8.73. The molecular formula is C18H13F2N3O3S. The van der Waals surface area contributed by atoms with Gasteiger partial charge in [0.05, 0.1) is 11.3 Å². The van der Waals surface area contributed by atoms with Gasteiger partial charge < -0.3 is 9.73 Å². The van der Waals surface area contributed by atoms with E-state index in [9.17, 15) is 18.4 Å². The third-order valence-corrected chi connectivity index (χ3v) is 4.23. The summed E-state index contributed by atoms with van der Waals surface area (Å²) in [5.41, 5.74) is 0.710. The van der Waals surface area contributed by atoms with E-state index in [1.165, 1.54) is 43.3 Å². The standard InChI is InChI=1S/C18H13F2N3O3S/c1-10(24)21-13-6-7-14(15(20)8-13)16(25)9-27-18-23-22-17(26-18)11-2-4-12(19)5-3-11/h2-8H,9H2,1H3,(H,21,24). The average molecular weight is 389 g/mol. The molecule has 138 valence electrons. The quantitative estimate of drug-likeness (QED) is 0.508. The van der Waals surface area contributed by atoms with E-state index in [4.69, 9.17) is 4.42 Å². The van der Waals surface area contributed by atoms with Gasteiger partial charge in [-0.05, 0) is 42.5 Å². The van der Waals surface area contributed by atoms with Crippen LogP contribution in [0.2, 0.25) is 0 Å². The average Bonchev–Trinajstić information content (AvgIpc) is 3.09. The van der Waals surface area contributed by atoms with Crippen LogP contribution in [0.1, 0.15) is 17.3 Å². The molecule has 1 heterocycles. The number of nitrogens with one attached hydrogen (secondary N) is 1. The predicted octanol–water partition coefficient (Wildman–Crippen LogP) is 3.95. The minimum absolute atomic E-state index is 0.102. The molecule has 0 bridgehead atoms. The molecule has 3 aromatic rings. The number of Topliss-reactive ketones (excluding diaryl/α,β-unsaturated/α-hetero) is 1. The van der Waals surface area contributed by atoms with E-state index in [0.717, 1.165) is 17.8 Å². The van der Waals surface area contributed by atoms with Crippen LogP contribution in [0.3, 0.4) is 0 Å². The van der Waals surface area contributed by atoms with E-state index in [-0.39, 0.29) is 39.8 Å². The third-order valence-electron chi connectivity index (χ3n) is 3.41. The number of halogens is 2. The Morgan fingerprint density at radius 3 is 2.52 bits per heavy atom. The summed E-state index contributed by atoms with van der Waals surface area (Å²) in [6.45, 7) is 1.30. The summed E-state index contributed by atoms with van der Waals surface area (Å²) >= 11 is 0.965. The Hall–Kier alpha value is -3.07. The highest BCUT2D eigenvalue weighted by atomic mass is 32.2. The van der Waals surface area contributed by atoms with Crippen molar-refractivity contribution >= 4 is 29.1 Å². The Labute approximate surface area is 157 Å². The molecule has 6 nitrogen and oxygen atoms in total. The van der Waals surface area contributed by atoms with E-state index in [1.54, 1.807) is 0 Å². The van der Waals surface area contributed by atoms with Crippen molar-refractivity contribution in [3.8, 4) is 11.5 Å². The molecule has 0 radical (unpaired) electrons. The molecule has 0 aliphatic carbocycles. The number of nitrogens with zero attached hydrogens (tertiary/aromatic N) is 2. The van der Waals surface area contributed by atoms with Gasteiger partial charge in [-0.3, -0.25) is 9.59 Å². The molecular weight excluding hydrogens is 376 g/mol. The summed E-state index contributed by atoms with van der Waals surface area (Å²) in [4.78, 5) is 23.2. The molecule has 1 aromatic heterocycles. The summed E-state index contributed by atoms with van der Waals surface area (Å²) in [6, 6.07) is 9.36. The van der Waals surface area contributed by atoms with Crippen LogP contribution in [0, 0.1) is 11.6 Å². The Morgan fingerprint density at radius 2 is 1.85 bits per heavy atom. The molecule has 1 amide bonds. The van der Waals surface area contributed by atoms with Gasteiger partial charge in [-0.1, -0.05) is 11.8 Å². The van der Waals surface area contributed by atoms with Crippen molar-refractivity contribution in [2.45, 2.75) is 12.1 Å². The van der Waals surface area contributed by atoms with Gasteiger partial charge in [0.1, 0.15) is 11.6 Å². The maximum Gasteiger partial charge on any atom is 0.277 e. The molecule has 27 heavy (non-hydrogen) atoms. The monoisotopic (exact) mass is 389 g/mol. The van der Waals surface area contributed by atoms with Crippen molar-refractivity contribution in [2.75, 3.05) is 11.1 Å². The Balaban J connectivity index is 1.64. The van der Waals surface area contributed by atoms with Crippen LogP contribution in [0.4, 0.5) is 14.5 Å². The number of rotatable bonds is 6. The summed E-state index contributed by atoms with van der Waals surface area (Å²) in [7, 11) is 0. The van der Waals surface area contributed by atoms with Gasteiger partial charge in [0.25, 0.3) is 5.22 Å². The third kappa shape index (κ3) is 4.76. The highest BCUT2D eigenvalue weighted by Gasteiger charge is 2.16. The zero-order valence-electron chi connectivity index (χ0n) is 14.0. The number of hydrogen-bond acceptors (Lipinski definition) is 6. The van der Waals surface area contributed by atoms with Crippen LogP contribution < -0.4 is 5.32 Å². The second-order valence-electron chi connectivity index (χ2n) is 5.47. The molecule has 9 heteroatoms. The number of anilines is 1. The first-order chi connectivity index (χ1) is 12.9. The first kappa shape index (κ1) is 18.7. The van der Waals surface area contributed by atoms with Crippen LogP contribution in [0.5, 0.6) is 0 Å². The lowest BCUT2D eigenvalue weighted by atomic mass is 10.1. The van der Waals surface area contributed by atoms with Gasteiger partial charge >= 0.3 is 0 Å². The second kappa shape index (κ2) is 8.09. The topological polar surface area (TPSA) is 85.1 Å². The number of carbonyl (C=O) groups is 2. The maximum atomic E-state index is 14.1. The zero-order valence-corrected chi connectivity index (χ0v) is 14.8. The van der Waals surface area contributed by atoms with Gasteiger partial charge in [0, 0.05) is 18.2 Å². The van der Waals surface area contributed by atoms with Gasteiger partial charge in [0.15, 0.2) is 5.78 Å². The van der Waals surface area contributed by atoms with Crippen molar-refractivity contribution < 1.29 is 22.8 Å². The van der Waals surface area contributed by atoms with Gasteiger partial charge in [-0.25, -0.2) is 8.78 Å². The Bertz CT molecular complexity index is 990. The van der Waals surface area contributed by atoms with E-state index < -0.39 is 11.6 Å². The smallest absolute Gasteiger partial charge is 0.277 e. The lowest BCUT2D eigenvalue weighted by Crippen LogP contribution is -2.09. The highest BCUT2D eigenvalue weighted by molar-refractivity contribution is 7.99. The largest absolute Gasteiger partial charge is 0.411 e. The number of hydrogen-bond donors (Lipinski definition) is 1. The van der Waals surface area contributed by atoms with Gasteiger partial charge in [-0.15, -0.1) is 10.2 Å². The number of ketones is 1. The predicted molar refractivity (Wildman–Crippen MR) is 95.5 cm³/mol. The number of aromatic nitrogens is 2. The fraction of sp³-hybridized carbons (Fsp3) is 0.111. The number of carbonyl (C=O) groups excluding carboxylic acids is 2. The van der Waals surface area contributed by atoms with E-state index in [0.29, 0.717) is 5.56 Å². The molecule has 0 saturated heterocycles. The summed E-state index contributed by atoms with van der Waals surface area (Å²) < 4.78 is 32.4. The first-order valence-electron chi connectivity index (χ1n) is 7.75. The molecule has 0 atom stereocenters. The van der Waals surface area contributed by atoms with Crippen LogP contribution in [0.15, 0.2) is 52.1 Å². The molecule has 1 N–H and O–H groups in total. The molecule has 0 unspecified atom stereocenters. The normalized spacial score (nSPS) is 10.6. The lowest BCUT2D eigenvalue weighted by molar-refractivity contribution is -0.114. The molecule has 0 aliphatic rings. The number of amides is 1. The van der Waals surface area contributed by atoms with Crippen molar-refractivity contribution in [1.29, 1.82) is 0 Å². The van der Waals surface area contributed by atoms with E-state index in [1.807, 2.05) is 0 Å². The molecule has 3 rings (SSSR count). The van der Waals surface area contributed by atoms with Crippen molar-refractivity contribution in [3.05, 3.63) is 59.7 Å². The number of benzene rings is 2. The molecule has 2 aromatic carbocycles. The van der Waals surface area contributed by atoms with Gasteiger partial charge in [0.2, 0.25) is 11.8 Å². The van der Waals surface area contributed by atoms with E-state index in [2.05, 4.69) is 15.5 Å². The zero-order chi connectivity index (χ0) is 19.4. The molecule has 0 saturated carbocycles. The van der Waals surface area contributed by atoms with Crippen molar-refractivity contribution in [3.63, 3.8) is 0 Å². The van der Waals surface area contributed by atoms with E-state index >= 15 is 0 Å². The SMILES string of the molecule is CC(=O)Nc1ccc(C(=O)CSc2nnc(-c3ccc(F)cc3)o2)c(F)c1. The summed E-state index contributed by atoms with van der Waals surface area (Å²) in [5.74, 6) is -1.84. The Kier molecular flexibility index (Phi) is 5.60. The molecule has 0 aliphatic heterocycles. The fourth-order valence-corrected chi connectivity index (χ4v) is 2.85. The lowest BCUT2D eigenvalue weighted by Gasteiger charge is -2.05. The summed E-state index contributed by atoms with van der Waals surface area (Å²) in [6.07, 6.45) is 0. The highest BCUT2D eigenvalue weighted by Crippen LogP contribution is 2.24. The van der Waals surface area contributed by atoms with Crippen LogP contribution in [-0.2, 0) is 4.79 Å². The number of thioether (sulfide) groups is 1. The fourth-order valence-electron chi connectivity index (χ4n) is 2.20. The van der Waals surface area contributed by atoms with Crippen LogP contribution >= 0.6 is 11.8 Å². The minimum atomic E-state index is -0.732. The molecule has 0 spiro atoms. The maximum absolute atomic E-state index is 14.1.